The third-order valence-corrected chi connectivity index (χ3v) is 2.33. The molecule has 3 nitrogen and oxygen atoms in total. The Balaban J connectivity index is 2.78. The van der Waals surface area contributed by atoms with Crippen molar-refractivity contribution in [1.29, 1.82) is 0 Å². The van der Waals surface area contributed by atoms with E-state index in [2.05, 4.69) is 0 Å². The van der Waals surface area contributed by atoms with Crippen LogP contribution in [-0.4, -0.2) is 18.3 Å². The number of amides is 1. The molecule has 0 atom stereocenters. The van der Waals surface area contributed by atoms with Gasteiger partial charge in [0.05, 0.1) is 0 Å². The van der Waals surface area contributed by atoms with Gasteiger partial charge in [0.15, 0.2) is 0 Å². The van der Waals surface area contributed by atoms with Crippen LogP contribution in [0.3, 0.4) is 0 Å². The molecule has 0 aliphatic carbocycles. The van der Waals surface area contributed by atoms with Gasteiger partial charge in [-0.15, -0.1) is 0 Å². The third kappa shape index (κ3) is 4.32. The normalized spacial score (nSPS) is 12.6. The smallest absolute Gasteiger partial charge is 0.399 e. The number of carbonyl (C=O) groups is 1. The maximum atomic E-state index is 12.3. The number of hydrogen-bond acceptors (Lipinski definition) is 2. The van der Waals surface area contributed by atoms with Crippen LogP contribution < -0.4 is 11.1 Å². The van der Waals surface area contributed by atoms with Crippen molar-refractivity contribution >= 4 is 11.6 Å². The second-order valence-electron chi connectivity index (χ2n) is 3.98. The van der Waals surface area contributed by atoms with Gasteiger partial charge >= 0.3 is 12.4 Å². The summed E-state index contributed by atoms with van der Waals surface area (Å²) >= 11 is 0. The summed E-state index contributed by atoms with van der Waals surface area (Å²) in [6.45, 7) is -0.480. The van der Waals surface area contributed by atoms with Gasteiger partial charge in [0, 0.05) is 12.2 Å². The molecule has 1 amide bonds. The monoisotopic (exact) mass is 300 g/mol. The van der Waals surface area contributed by atoms with E-state index in [1.807, 2.05) is 0 Å². The topological polar surface area (TPSA) is 55.1 Å². The largest absolute Gasteiger partial charge is 0.409 e. The molecule has 0 saturated carbocycles. The summed E-state index contributed by atoms with van der Waals surface area (Å²) in [6.07, 6.45) is -11.4. The summed E-state index contributed by atoms with van der Waals surface area (Å²) < 4.78 is 73.5. The molecule has 0 radical (unpaired) electrons. The van der Waals surface area contributed by atoms with Crippen molar-refractivity contribution in [3.8, 4) is 0 Å². The number of nitrogens with one attached hydrogen (secondary N) is 1. The van der Waals surface area contributed by atoms with Crippen molar-refractivity contribution in [3.63, 3.8) is 0 Å². The van der Waals surface area contributed by atoms with Crippen LogP contribution in [-0.2, 0) is 11.3 Å². The summed E-state index contributed by atoms with van der Waals surface area (Å²) in [5, 5.41) is 1.60. The first-order valence-corrected chi connectivity index (χ1v) is 5.27. The van der Waals surface area contributed by atoms with Gasteiger partial charge in [-0.25, -0.2) is 0 Å². The second kappa shape index (κ2) is 5.59. The van der Waals surface area contributed by atoms with Crippen LogP contribution in [0, 0.1) is 5.92 Å². The fourth-order valence-corrected chi connectivity index (χ4v) is 1.48. The van der Waals surface area contributed by atoms with E-state index >= 15 is 0 Å². The predicted molar refractivity (Wildman–Crippen MR) is 58.3 cm³/mol. The van der Waals surface area contributed by atoms with E-state index in [1.54, 1.807) is 5.32 Å². The lowest BCUT2D eigenvalue weighted by Crippen LogP contribution is -2.47. The number of carbonyl (C=O) groups excluding carboxylic acids is 1. The fraction of sp³-hybridized carbons (Fsp3) is 0.364. The van der Waals surface area contributed by atoms with Gasteiger partial charge in [0.25, 0.3) is 0 Å². The molecule has 0 spiro atoms. The molecule has 1 aromatic carbocycles. The summed E-state index contributed by atoms with van der Waals surface area (Å²) in [5.74, 6) is -6.19. The molecule has 0 aliphatic heterocycles. The molecular weight excluding hydrogens is 290 g/mol. The number of anilines is 1. The molecule has 3 N–H and O–H groups in total. The molecule has 0 saturated heterocycles. The highest BCUT2D eigenvalue weighted by Gasteiger charge is 2.60. The van der Waals surface area contributed by atoms with Gasteiger partial charge < -0.3 is 11.1 Å². The van der Waals surface area contributed by atoms with E-state index in [4.69, 9.17) is 5.73 Å². The SMILES string of the molecule is Nc1cccc(CNC(=O)C(C(F)(F)F)C(F)(F)F)c1. The molecule has 1 rings (SSSR count). The number of alkyl halides is 6. The molecule has 1 aromatic rings. The molecule has 9 heteroatoms. The Morgan fingerprint density at radius 3 is 2.15 bits per heavy atom. The number of nitrogens with two attached hydrogens (primary N) is 1. The Kier molecular flexibility index (Phi) is 4.51. The summed E-state index contributed by atoms with van der Waals surface area (Å²) in [7, 11) is 0. The van der Waals surface area contributed by atoms with Crippen molar-refractivity contribution in [3.05, 3.63) is 29.8 Å². The van der Waals surface area contributed by atoms with Crippen molar-refractivity contribution in [1.82, 2.24) is 5.32 Å². The molecular formula is C11H10F6N2O. The number of halogens is 6. The van der Waals surface area contributed by atoms with Crippen LogP contribution in [0.15, 0.2) is 24.3 Å². The molecule has 20 heavy (non-hydrogen) atoms. The predicted octanol–water partition coefficient (Wildman–Crippen LogP) is 2.63. The van der Waals surface area contributed by atoms with Gasteiger partial charge in [0.2, 0.25) is 11.8 Å². The van der Waals surface area contributed by atoms with E-state index in [0.29, 0.717) is 5.56 Å². The van der Waals surface area contributed by atoms with E-state index < -0.39 is 30.7 Å². The fourth-order valence-electron chi connectivity index (χ4n) is 1.48. The number of nitrogen functional groups attached to an aromatic ring is 1. The van der Waals surface area contributed by atoms with Crippen LogP contribution >= 0.6 is 0 Å². The zero-order valence-electron chi connectivity index (χ0n) is 9.85. The Hall–Kier alpha value is -1.93. The highest BCUT2D eigenvalue weighted by atomic mass is 19.4. The average molecular weight is 300 g/mol. The van der Waals surface area contributed by atoms with E-state index in [0.717, 1.165) is 0 Å². The Labute approximate surface area is 109 Å². The molecule has 112 valence electrons. The Bertz CT molecular complexity index is 469. The van der Waals surface area contributed by atoms with Gasteiger partial charge in [-0.3, -0.25) is 4.79 Å². The minimum atomic E-state index is -5.70. The first-order chi connectivity index (χ1) is 9.01. The lowest BCUT2D eigenvalue weighted by molar-refractivity contribution is -0.274. The van der Waals surface area contributed by atoms with E-state index in [-0.39, 0.29) is 5.69 Å². The summed E-state index contributed by atoms with van der Waals surface area (Å²) in [6, 6.07) is 5.69. The molecule has 0 heterocycles. The molecule has 0 aromatic heterocycles. The molecule has 0 aliphatic rings. The minimum Gasteiger partial charge on any atom is -0.399 e. The van der Waals surface area contributed by atoms with Crippen molar-refractivity contribution in [2.24, 2.45) is 5.92 Å². The maximum Gasteiger partial charge on any atom is 0.409 e. The van der Waals surface area contributed by atoms with Crippen LogP contribution in [0.5, 0.6) is 0 Å². The molecule has 0 fully saturated rings. The Morgan fingerprint density at radius 1 is 1.15 bits per heavy atom. The van der Waals surface area contributed by atoms with Crippen molar-refractivity contribution in [2.45, 2.75) is 18.9 Å². The van der Waals surface area contributed by atoms with Gasteiger partial charge in [-0.05, 0) is 17.7 Å². The Morgan fingerprint density at radius 2 is 1.70 bits per heavy atom. The minimum absolute atomic E-state index is 0.278. The summed E-state index contributed by atoms with van der Waals surface area (Å²) in [4.78, 5) is 11.1. The van der Waals surface area contributed by atoms with Crippen molar-refractivity contribution < 1.29 is 31.1 Å². The molecule has 0 unspecified atom stereocenters. The quantitative estimate of drug-likeness (QED) is 0.666. The van der Waals surface area contributed by atoms with E-state index in [1.165, 1.54) is 24.3 Å². The van der Waals surface area contributed by atoms with Crippen molar-refractivity contribution in [2.75, 3.05) is 5.73 Å². The lowest BCUT2D eigenvalue weighted by atomic mass is 10.1. The third-order valence-electron chi connectivity index (χ3n) is 2.33. The zero-order valence-corrected chi connectivity index (χ0v) is 9.85. The van der Waals surface area contributed by atoms with E-state index in [9.17, 15) is 31.1 Å². The first kappa shape index (κ1) is 16.1. The highest BCUT2D eigenvalue weighted by molar-refractivity contribution is 5.80. The zero-order chi connectivity index (χ0) is 15.6. The van der Waals surface area contributed by atoms with Gasteiger partial charge in [-0.2, -0.15) is 26.3 Å². The highest BCUT2D eigenvalue weighted by Crippen LogP contribution is 2.39. The average Bonchev–Trinajstić information content (AvgIpc) is 2.22. The first-order valence-electron chi connectivity index (χ1n) is 5.27. The second-order valence-corrected chi connectivity index (χ2v) is 3.98. The molecule has 0 bridgehead atoms. The number of rotatable bonds is 3. The standard InChI is InChI=1S/C11H10F6N2O/c12-10(13,14)8(11(15,16)17)9(20)19-5-6-2-1-3-7(18)4-6/h1-4,8H,5,18H2,(H,19,20). The van der Waals surface area contributed by atoms with Gasteiger partial charge in [0.1, 0.15) is 0 Å². The lowest BCUT2D eigenvalue weighted by Gasteiger charge is -2.22. The summed E-state index contributed by atoms with van der Waals surface area (Å²) in [5.41, 5.74) is 5.96. The van der Waals surface area contributed by atoms with Gasteiger partial charge in [-0.1, -0.05) is 12.1 Å². The van der Waals surface area contributed by atoms with Crippen LogP contribution in [0.4, 0.5) is 32.0 Å². The van der Waals surface area contributed by atoms with Crippen LogP contribution in [0.2, 0.25) is 0 Å². The van der Waals surface area contributed by atoms with Crippen LogP contribution in [0.1, 0.15) is 5.56 Å². The van der Waals surface area contributed by atoms with Crippen LogP contribution in [0.25, 0.3) is 0 Å². The maximum absolute atomic E-state index is 12.3. The number of benzene rings is 1. The number of hydrogen-bond donors (Lipinski definition) is 2.